The first-order chi connectivity index (χ1) is 11.5. The standard InChI is InChI=1S/C19H13FN2O2/c1-10-13-5-3-12(23)4-6-14(13)18(21-10)9-16-15-8-11(20)2-7-17(15)22-19(16)24/h2-9,21H,1H3,(H,22,24). The molecule has 0 saturated carbocycles. The summed E-state index contributed by atoms with van der Waals surface area (Å²) in [6.07, 6.45) is 1.69. The number of fused-ring (bicyclic) bond motifs is 2. The number of aromatic nitrogens is 1. The Morgan fingerprint density at radius 3 is 2.54 bits per heavy atom. The molecule has 0 saturated heterocycles. The molecule has 0 fully saturated rings. The number of anilines is 1. The van der Waals surface area contributed by atoms with Gasteiger partial charge in [-0.2, -0.15) is 0 Å². The highest BCUT2D eigenvalue weighted by atomic mass is 19.1. The minimum Gasteiger partial charge on any atom is -0.358 e. The molecule has 2 aromatic carbocycles. The van der Waals surface area contributed by atoms with E-state index in [4.69, 9.17) is 0 Å². The fraction of sp³-hybridized carbons (Fsp3) is 0.0526. The molecule has 1 aliphatic heterocycles. The normalized spacial score (nSPS) is 14.9. The van der Waals surface area contributed by atoms with E-state index in [2.05, 4.69) is 10.3 Å². The van der Waals surface area contributed by atoms with Gasteiger partial charge in [0.25, 0.3) is 5.91 Å². The van der Waals surface area contributed by atoms with Crippen molar-refractivity contribution in [1.29, 1.82) is 0 Å². The second-order valence-corrected chi connectivity index (χ2v) is 5.76. The first-order valence-electron chi connectivity index (χ1n) is 7.48. The van der Waals surface area contributed by atoms with Crippen LogP contribution in [0.25, 0.3) is 22.4 Å². The average molecular weight is 320 g/mol. The Morgan fingerprint density at radius 1 is 1.00 bits per heavy atom. The lowest BCUT2D eigenvalue weighted by Crippen LogP contribution is -2.03. The van der Waals surface area contributed by atoms with Crippen LogP contribution in [-0.2, 0) is 4.79 Å². The van der Waals surface area contributed by atoms with Gasteiger partial charge < -0.3 is 10.3 Å². The number of rotatable bonds is 1. The summed E-state index contributed by atoms with van der Waals surface area (Å²) in [5.41, 5.74) is 3.03. The summed E-state index contributed by atoms with van der Waals surface area (Å²) in [6.45, 7) is 1.90. The molecule has 3 aromatic rings. The van der Waals surface area contributed by atoms with Crippen molar-refractivity contribution in [3.63, 3.8) is 0 Å². The number of H-pyrrole nitrogens is 1. The maximum absolute atomic E-state index is 13.5. The van der Waals surface area contributed by atoms with Crippen LogP contribution in [0.15, 0.2) is 47.3 Å². The van der Waals surface area contributed by atoms with Gasteiger partial charge in [-0.15, -0.1) is 0 Å². The zero-order chi connectivity index (χ0) is 16.8. The molecule has 0 bridgehead atoms. The van der Waals surface area contributed by atoms with Crippen molar-refractivity contribution < 1.29 is 9.18 Å². The molecular formula is C19H13FN2O2. The molecular weight excluding hydrogens is 307 g/mol. The van der Waals surface area contributed by atoms with Crippen molar-refractivity contribution in [3.8, 4) is 0 Å². The van der Waals surface area contributed by atoms with Gasteiger partial charge in [-0.05, 0) is 55.5 Å². The molecule has 4 rings (SSSR count). The summed E-state index contributed by atoms with van der Waals surface area (Å²) in [4.78, 5) is 27.0. The van der Waals surface area contributed by atoms with E-state index in [-0.39, 0.29) is 11.3 Å². The third kappa shape index (κ3) is 2.22. The van der Waals surface area contributed by atoms with Crippen LogP contribution in [-0.4, -0.2) is 10.9 Å². The predicted molar refractivity (Wildman–Crippen MR) is 92.2 cm³/mol. The van der Waals surface area contributed by atoms with E-state index in [1.54, 1.807) is 24.3 Å². The van der Waals surface area contributed by atoms with Crippen molar-refractivity contribution in [1.82, 2.24) is 4.98 Å². The summed E-state index contributed by atoms with van der Waals surface area (Å²) in [5.74, 6) is -0.674. The molecule has 1 aliphatic rings. The summed E-state index contributed by atoms with van der Waals surface area (Å²) >= 11 is 0. The largest absolute Gasteiger partial charge is 0.358 e. The Balaban J connectivity index is 1.96. The molecule has 2 N–H and O–H groups in total. The summed E-state index contributed by atoms with van der Waals surface area (Å²) in [5, 5.41) is 4.46. The van der Waals surface area contributed by atoms with Gasteiger partial charge in [-0.1, -0.05) is 0 Å². The number of halogens is 1. The quantitative estimate of drug-likeness (QED) is 0.674. The third-order valence-electron chi connectivity index (χ3n) is 4.19. The summed E-state index contributed by atoms with van der Waals surface area (Å²) in [6, 6.07) is 10.7. The highest BCUT2D eigenvalue weighted by Gasteiger charge is 2.25. The van der Waals surface area contributed by atoms with E-state index in [9.17, 15) is 14.0 Å². The van der Waals surface area contributed by atoms with Crippen LogP contribution in [0.5, 0.6) is 0 Å². The fourth-order valence-corrected chi connectivity index (χ4v) is 3.03. The molecule has 24 heavy (non-hydrogen) atoms. The average Bonchev–Trinajstić information content (AvgIpc) is 2.91. The minimum absolute atomic E-state index is 0.0878. The van der Waals surface area contributed by atoms with Crippen molar-refractivity contribution >= 4 is 34.0 Å². The number of benzene rings is 1. The molecule has 2 heterocycles. The zero-order valence-corrected chi connectivity index (χ0v) is 12.8. The lowest BCUT2D eigenvalue weighted by Gasteiger charge is -1.98. The van der Waals surface area contributed by atoms with Crippen molar-refractivity contribution in [2.24, 2.45) is 0 Å². The van der Waals surface area contributed by atoms with Gasteiger partial charge in [0, 0.05) is 33.4 Å². The van der Waals surface area contributed by atoms with Crippen LogP contribution >= 0.6 is 0 Å². The molecule has 118 valence electrons. The second-order valence-electron chi connectivity index (χ2n) is 5.76. The fourth-order valence-electron chi connectivity index (χ4n) is 3.03. The van der Waals surface area contributed by atoms with Gasteiger partial charge in [0.05, 0.1) is 5.57 Å². The first kappa shape index (κ1) is 14.4. The number of carbonyl (C=O) groups excluding carboxylic acids is 1. The van der Waals surface area contributed by atoms with E-state index in [0.29, 0.717) is 22.5 Å². The van der Waals surface area contributed by atoms with Gasteiger partial charge in [0.1, 0.15) is 5.82 Å². The van der Waals surface area contributed by atoms with Crippen molar-refractivity contribution in [3.05, 3.63) is 75.5 Å². The minimum atomic E-state index is -0.397. The summed E-state index contributed by atoms with van der Waals surface area (Å²) < 4.78 is 13.5. The van der Waals surface area contributed by atoms with E-state index in [1.165, 1.54) is 24.3 Å². The Hall–Kier alpha value is -3.21. The number of aromatic amines is 1. The van der Waals surface area contributed by atoms with Gasteiger partial charge >= 0.3 is 0 Å². The number of hydrogen-bond donors (Lipinski definition) is 2. The molecule has 0 atom stereocenters. The van der Waals surface area contributed by atoms with Crippen LogP contribution in [0.2, 0.25) is 0 Å². The van der Waals surface area contributed by atoms with Crippen LogP contribution in [0.4, 0.5) is 10.1 Å². The number of hydrogen-bond acceptors (Lipinski definition) is 2. The Labute approximate surface area is 136 Å². The van der Waals surface area contributed by atoms with Crippen molar-refractivity contribution in [2.75, 3.05) is 5.32 Å². The highest BCUT2D eigenvalue weighted by Crippen LogP contribution is 2.34. The first-order valence-corrected chi connectivity index (χ1v) is 7.48. The van der Waals surface area contributed by atoms with E-state index < -0.39 is 5.82 Å². The summed E-state index contributed by atoms with van der Waals surface area (Å²) in [7, 11) is 0. The molecule has 0 aliphatic carbocycles. The van der Waals surface area contributed by atoms with Crippen LogP contribution in [0.1, 0.15) is 17.0 Å². The SMILES string of the molecule is Cc1[nH]c(C=C2C(=O)Nc3ccc(F)cc32)c2ccc(=O)ccc12. The molecule has 5 heteroatoms. The maximum Gasteiger partial charge on any atom is 0.256 e. The van der Waals surface area contributed by atoms with Gasteiger partial charge in [-0.25, -0.2) is 4.39 Å². The van der Waals surface area contributed by atoms with Crippen molar-refractivity contribution in [2.45, 2.75) is 6.92 Å². The zero-order valence-electron chi connectivity index (χ0n) is 12.8. The smallest absolute Gasteiger partial charge is 0.256 e. The number of carbonyl (C=O) groups is 1. The molecule has 4 nitrogen and oxygen atoms in total. The number of amides is 1. The lowest BCUT2D eigenvalue weighted by atomic mass is 10.0. The van der Waals surface area contributed by atoms with E-state index in [1.807, 2.05) is 6.92 Å². The maximum atomic E-state index is 13.5. The van der Waals surface area contributed by atoms with Crippen LogP contribution < -0.4 is 10.7 Å². The van der Waals surface area contributed by atoms with Crippen LogP contribution in [0, 0.1) is 12.7 Å². The number of nitrogens with one attached hydrogen (secondary N) is 2. The Morgan fingerprint density at radius 2 is 1.75 bits per heavy atom. The number of aryl methyl sites for hydroxylation is 1. The van der Waals surface area contributed by atoms with Gasteiger partial charge in [0.2, 0.25) is 0 Å². The molecule has 1 aromatic heterocycles. The predicted octanol–water partition coefficient (Wildman–Crippen LogP) is 3.47. The lowest BCUT2D eigenvalue weighted by molar-refractivity contribution is -0.110. The third-order valence-corrected chi connectivity index (χ3v) is 4.19. The molecule has 0 unspecified atom stereocenters. The van der Waals surface area contributed by atoms with Gasteiger partial charge in [-0.3, -0.25) is 9.59 Å². The monoisotopic (exact) mass is 320 g/mol. The van der Waals surface area contributed by atoms with E-state index in [0.717, 1.165) is 16.5 Å². The van der Waals surface area contributed by atoms with Gasteiger partial charge in [0.15, 0.2) is 5.43 Å². The highest BCUT2D eigenvalue weighted by molar-refractivity contribution is 6.35. The molecule has 0 spiro atoms. The Bertz CT molecular complexity index is 1100. The molecule has 1 amide bonds. The second kappa shape index (κ2) is 5.16. The van der Waals surface area contributed by atoms with Crippen LogP contribution in [0.3, 0.4) is 0 Å². The Kier molecular flexibility index (Phi) is 3.09. The van der Waals surface area contributed by atoms with E-state index >= 15 is 0 Å². The topological polar surface area (TPSA) is 62.0 Å². The molecule has 0 radical (unpaired) electrons.